The summed E-state index contributed by atoms with van der Waals surface area (Å²) in [6, 6.07) is 9.50. The molecule has 1 aromatic carbocycles. The summed E-state index contributed by atoms with van der Waals surface area (Å²) < 4.78 is 2.46. The molecule has 2 N–H and O–H groups in total. The third-order valence-corrected chi connectivity index (χ3v) is 3.41. The second-order valence-electron chi connectivity index (χ2n) is 4.70. The molecule has 1 aromatic heterocycles. The quantitative estimate of drug-likeness (QED) is 0.833. The maximum Gasteiger partial charge on any atom is 0.0485 e. The summed E-state index contributed by atoms with van der Waals surface area (Å²) in [6.07, 6.45) is 7.22. The van der Waals surface area contributed by atoms with Crippen LogP contribution in [0.4, 0.5) is 0 Å². The topological polar surface area (TPSA) is 30.9 Å². The van der Waals surface area contributed by atoms with E-state index in [-0.39, 0.29) is 0 Å². The van der Waals surface area contributed by atoms with Gasteiger partial charge in [0, 0.05) is 23.1 Å². The molecule has 2 nitrogen and oxygen atoms in total. The fourth-order valence-electron chi connectivity index (χ4n) is 2.42. The molecule has 0 spiro atoms. The van der Waals surface area contributed by atoms with Gasteiger partial charge < -0.3 is 10.3 Å². The van der Waals surface area contributed by atoms with Crippen molar-refractivity contribution in [2.75, 3.05) is 6.54 Å². The van der Waals surface area contributed by atoms with E-state index in [1.807, 2.05) is 0 Å². The van der Waals surface area contributed by atoms with Crippen molar-refractivity contribution in [2.24, 2.45) is 5.73 Å². The summed E-state index contributed by atoms with van der Waals surface area (Å²) >= 11 is 0. The zero-order valence-electron chi connectivity index (χ0n) is 9.52. The van der Waals surface area contributed by atoms with Crippen LogP contribution in [-0.4, -0.2) is 11.1 Å². The number of rotatable bonds is 4. The molecule has 0 bridgehead atoms. The molecular weight excluding hydrogens is 196 g/mol. The van der Waals surface area contributed by atoms with Gasteiger partial charge in [0.15, 0.2) is 0 Å². The Kier molecular flexibility index (Phi) is 2.44. The second-order valence-corrected chi connectivity index (χ2v) is 4.70. The molecule has 0 aliphatic heterocycles. The van der Waals surface area contributed by atoms with Gasteiger partial charge in [-0.1, -0.05) is 18.2 Å². The van der Waals surface area contributed by atoms with Crippen molar-refractivity contribution in [2.45, 2.75) is 31.7 Å². The van der Waals surface area contributed by atoms with Crippen LogP contribution >= 0.6 is 0 Å². The minimum atomic E-state index is 0.761. The van der Waals surface area contributed by atoms with Crippen LogP contribution in [0.3, 0.4) is 0 Å². The van der Waals surface area contributed by atoms with Gasteiger partial charge in [0.1, 0.15) is 0 Å². The van der Waals surface area contributed by atoms with Crippen molar-refractivity contribution in [1.29, 1.82) is 0 Å². The zero-order chi connectivity index (χ0) is 11.0. The van der Waals surface area contributed by atoms with Crippen molar-refractivity contribution in [3.8, 4) is 0 Å². The highest BCUT2D eigenvalue weighted by Gasteiger charge is 2.25. The fourth-order valence-corrected chi connectivity index (χ4v) is 2.42. The lowest BCUT2D eigenvalue weighted by molar-refractivity contribution is 0.764. The first-order chi connectivity index (χ1) is 7.90. The Morgan fingerprint density at radius 2 is 2.06 bits per heavy atom. The summed E-state index contributed by atoms with van der Waals surface area (Å²) in [5.41, 5.74) is 8.46. The number of hydrogen-bond acceptors (Lipinski definition) is 1. The van der Waals surface area contributed by atoms with E-state index in [1.165, 1.54) is 29.3 Å². The van der Waals surface area contributed by atoms with Crippen LogP contribution in [0.25, 0.3) is 10.9 Å². The molecule has 1 heterocycles. The molecule has 1 saturated carbocycles. The monoisotopic (exact) mass is 214 g/mol. The maximum absolute atomic E-state index is 5.59. The molecule has 0 unspecified atom stereocenters. The largest absolute Gasteiger partial charge is 0.344 e. The number of fused-ring (bicyclic) bond motifs is 1. The molecular formula is C14H18N2. The van der Waals surface area contributed by atoms with Gasteiger partial charge >= 0.3 is 0 Å². The maximum atomic E-state index is 5.59. The molecule has 1 aliphatic carbocycles. The average Bonchev–Trinajstić information content (AvgIpc) is 3.10. The Labute approximate surface area is 96.1 Å². The van der Waals surface area contributed by atoms with Gasteiger partial charge in [-0.3, -0.25) is 0 Å². The van der Waals surface area contributed by atoms with Crippen molar-refractivity contribution in [1.82, 2.24) is 4.57 Å². The van der Waals surface area contributed by atoms with Gasteiger partial charge in [-0.15, -0.1) is 0 Å². The van der Waals surface area contributed by atoms with Crippen molar-refractivity contribution in [3.05, 3.63) is 36.0 Å². The smallest absolute Gasteiger partial charge is 0.0485 e. The lowest BCUT2D eigenvalue weighted by Crippen LogP contribution is -1.99. The molecule has 3 rings (SSSR count). The normalized spacial score (nSPS) is 15.8. The van der Waals surface area contributed by atoms with Gasteiger partial charge in [-0.2, -0.15) is 0 Å². The fraction of sp³-hybridized carbons (Fsp3) is 0.429. The number of benzene rings is 1. The first-order valence-electron chi connectivity index (χ1n) is 6.18. The Balaban J connectivity index is 2.06. The highest BCUT2D eigenvalue weighted by molar-refractivity contribution is 5.84. The lowest BCUT2D eigenvalue weighted by atomic mass is 10.1. The molecule has 16 heavy (non-hydrogen) atoms. The summed E-state index contributed by atoms with van der Waals surface area (Å²) in [7, 11) is 0. The Hall–Kier alpha value is -1.28. The summed E-state index contributed by atoms with van der Waals surface area (Å²) in [5, 5.41) is 1.42. The van der Waals surface area contributed by atoms with Crippen LogP contribution < -0.4 is 5.73 Å². The van der Waals surface area contributed by atoms with Crippen molar-refractivity contribution >= 4 is 10.9 Å². The molecule has 0 atom stereocenters. The standard InChI is InChI=1S/C14H18N2/c15-9-3-4-11-10-16(12-7-8-12)14-6-2-1-5-13(11)14/h1-2,5-6,10,12H,3-4,7-9,15H2. The number of para-hydroxylation sites is 1. The molecule has 0 amide bonds. The van der Waals surface area contributed by atoms with Crippen LogP contribution in [0.5, 0.6) is 0 Å². The third-order valence-electron chi connectivity index (χ3n) is 3.41. The van der Waals surface area contributed by atoms with Crippen LogP contribution in [0.15, 0.2) is 30.5 Å². The molecule has 0 saturated heterocycles. The highest BCUT2D eigenvalue weighted by atomic mass is 15.0. The van der Waals surface area contributed by atoms with Crippen LogP contribution in [0.1, 0.15) is 30.9 Å². The van der Waals surface area contributed by atoms with Gasteiger partial charge in [0.2, 0.25) is 0 Å². The van der Waals surface area contributed by atoms with E-state index in [9.17, 15) is 0 Å². The molecule has 1 aliphatic rings. The van der Waals surface area contributed by atoms with Crippen molar-refractivity contribution < 1.29 is 0 Å². The number of aryl methyl sites for hydroxylation is 1. The number of aromatic nitrogens is 1. The van der Waals surface area contributed by atoms with E-state index in [1.54, 1.807) is 0 Å². The molecule has 2 aromatic rings. The van der Waals surface area contributed by atoms with E-state index in [2.05, 4.69) is 35.0 Å². The van der Waals surface area contributed by atoms with E-state index in [4.69, 9.17) is 5.73 Å². The van der Waals surface area contributed by atoms with Crippen molar-refractivity contribution in [3.63, 3.8) is 0 Å². The molecule has 1 fully saturated rings. The van der Waals surface area contributed by atoms with Crippen LogP contribution in [0, 0.1) is 0 Å². The highest BCUT2D eigenvalue weighted by Crippen LogP contribution is 2.39. The minimum Gasteiger partial charge on any atom is -0.344 e. The Bertz CT molecular complexity index is 494. The SMILES string of the molecule is NCCCc1cn(C2CC2)c2ccccc12. The molecule has 2 heteroatoms. The molecule has 0 radical (unpaired) electrons. The number of hydrogen-bond donors (Lipinski definition) is 1. The predicted molar refractivity (Wildman–Crippen MR) is 67.6 cm³/mol. The zero-order valence-corrected chi connectivity index (χ0v) is 9.52. The molecule has 84 valence electrons. The summed E-state index contributed by atoms with van der Waals surface area (Å²) in [4.78, 5) is 0. The summed E-state index contributed by atoms with van der Waals surface area (Å²) in [6.45, 7) is 0.781. The Morgan fingerprint density at radius 3 is 2.81 bits per heavy atom. The van der Waals surface area contributed by atoms with Crippen LogP contribution in [0.2, 0.25) is 0 Å². The van der Waals surface area contributed by atoms with E-state index in [0.717, 1.165) is 25.4 Å². The average molecular weight is 214 g/mol. The predicted octanol–water partition coefficient (Wildman–Crippen LogP) is 2.87. The van der Waals surface area contributed by atoms with E-state index in [0.29, 0.717) is 0 Å². The number of nitrogens with zero attached hydrogens (tertiary/aromatic N) is 1. The second kappa shape index (κ2) is 3.95. The first kappa shape index (κ1) is 9.91. The van der Waals surface area contributed by atoms with E-state index >= 15 is 0 Å². The van der Waals surface area contributed by atoms with E-state index < -0.39 is 0 Å². The Morgan fingerprint density at radius 1 is 1.25 bits per heavy atom. The number of nitrogens with two attached hydrogens (primary N) is 1. The van der Waals surface area contributed by atoms with Gasteiger partial charge in [0.05, 0.1) is 0 Å². The van der Waals surface area contributed by atoms with Gasteiger partial charge in [0.25, 0.3) is 0 Å². The minimum absolute atomic E-state index is 0.761. The van der Waals surface area contributed by atoms with Crippen LogP contribution in [-0.2, 0) is 6.42 Å². The third kappa shape index (κ3) is 1.63. The lowest BCUT2D eigenvalue weighted by Gasteiger charge is -2.00. The summed E-state index contributed by atoms with van der Waals surface area (Å²) in [5.74, 6) is 0. The first-order valence-corrected chi connectivity index (χ1v) is 6.18. The van der Waals surface area contributed by atoms with Gasteiger partial charge in [-0.25, -0.2) is 0 Å². The van der Waals surface area contributed by atoms with Gasteiger partial charge in [-0.05, 0) is 43.9 Å².